The lowest BCUT2D eigenvalue weighted by Gasteiger charge is -2.32. The summed E-state index contributed by atoms with van der Waals surface area (Å²) in [6, 6.07) is 0. The number of rotatable bonds is 0. The van der Waals surface area contributed by atoms with Crippen LogP contribution in [0.4, 0.5) is 0 Å². The number of hydrogen-bond acceptors (Lipinski definition) is 0. The Morgan fingerprint density at radius 1 is 0.286 bits per heavy atom. The maximum atomic E-state index is 1.66. The quantitative estimate of drug-likeness (QED) is 0.468. The Morgan fingerprint density at radius 2 is 0.571 bits per heavy atom. The van der Waals surface area contributed by atoms with Crippen LogP contribution < -0.4 is 0 Å². The summed E-state index contributed by atoms with van der Waals surface area (Å²) in [6.45, 7) is 0. The van der Waals surface area contributed by atoms with E-state index in [-0.39, 0.29) is 0 Å². The lowest BCUT2D eigenvalue weighted by molar-refractivity contribution is 0.181. The minimum atomic E-state index is 0.828. The van der Waals surface area contributed by atoms with E-state index in [0.29, 0.717) is 0 Å². The van der Waals surface area contributed by atoms with Crippen molar-refractivity contribution >= 4 is 0 Å². The molecule has 0 N–H and O–H groups in total. The highest BCUT2D eigenvalue weighted by molar-refractivity contribution is 5.10. The van der Waals surface area contributed by atoms with Crippen LogP contribution in [-0.2, 0) is 0 Å². The largest absolute Gasteiger partial charge is 0.0528 e. The van der Waals surface area contributed by atoms with Crippen LogP contribution in [0.1, 0.15) is 109 Å². The summed E-state index contributed by atoms with van der Waals surface area (Å²) in [5.41, 5.74) is 3.34. The smallest absolute Gasteiger partial charge is 0.0287 e. The first-order valence-electron chi connectivity index (χ1n) is 10.2. The van der Waals surface area contributed by atoms with Crippen molar-refractivity contribution in [2.75, 3.05) is 0 Å². The van der Waals surface area contributed by atoms with Crippen molar-refractivity contribution in [1.82, 2.24) is 0 Å². The first-order valence-corrected chi connectivity index (χ1v) is 10.2. The number of hydrogen-bond donors (Lipinski definition) is 0. The van der Waals surface area contributed by atoms with Crippen LogP contribution in [0.2, 0.25) is 0 Å². The molecule has 0 aliphatic heterocycles. The van der Waals surface area contributed by atoms with E-state index in [1.807, 2.05) is 0 Å². The van der Waals surface area contributed by atoms with Crippen molar-refractivity contribution in [1.29, 1.82) is 0 Å². The van der Waals surface area contributed by atoms with Gasteiger partial charge in [-0.25, -0.2) is 0 Å². The molecule has 5 aliphatic carbocycles. The Balaban J connectivity index is 1.33. The van der Waals surface area contributed by atoms with Crippen LogP contribution >= 0.6 is 0 Å². The van der Waals surface area contributed by atoms with Gasteiger partial charge in [-0.1, -0.05) is 25.7 Å². The molecule has 5 aliphatic rings. The van der Waals surface area contributed by atoms with Gasteiger partial charge in [-0.15, -0.1) is 0 Å². The van der Waals surface area contributed by atoms with Crippen molar-refractivity contribution < 1.29 is 0 Å². The van der Waals surface area contributed by atoms with Crippen molar-refractivity contribution in [2.24, 2.45) is 21.7 Å². The fourth-order valence-corrected chi connectivity index (χ4v) is 8.34. The fourth-order valence-electron chi connectivity index (χ4n) is 8.34. The standard InChI is InChI=1S/C21H34/c1-2-6-18(5-1)9-11-20(15-18)13-14-21(17-20)12-10-19(16-21)7-3-4-8-19/h1-17H2/t20-,21-/m1/s1. The molecule has 5 saturated carbocycles. The zero-order chi connectivity index (χ0) is 14.0. The zero-order valence-corrected chi connectivity index (χ0v) is 14.0. The molecule has 0 aromatic rings. The second-order valence-electron chi connectivity index (χ2n) is 10.4. The molecule has 5 rings (SSSR count). The van der Waals surface area contributed by atoms with E-state index >= 15 is 0 Å². The Hall–Kier alpha value is 0. The van der Waals surface area contributed by atoms with E-state index in [2.05, 4.69) is 0 Å². The van der Waals surface area contributed by atoms with Gasteiger partial charge in [0.25, 0.3) is 0 Å². The SMILES string of the molecule is C1CCC2(C1)CC[C@@]1(CC[C@@]3(CCC4(CCCC4)C3)C1)C2. The zero-order valence-electron chi connectivity index (χ0n) is 14.0. The van der Waals surface area contributed by atoms with E-state index < -0.39 is 0 Å². The minimum Gasteiger partial charge on any atom is -0.0528 e. The topological polar surface area (TPSA) is 0 Å². The van der Waals surface area contributed by atoms with Crippen molar-refractivity contribution in [2.45, 2.75) is 109 Å². The third-order valence-corrected chi connectivity index (χ3v) is 9.14. The highest BCUT2D eigenvalue weighted by atomic mass is 14.6. The Bertz CT molecular complexity index is 383. The highest BCUT2D eigenvalue weighted by Crippen LogP contribution is 2.71. The van der Waals surface area contributed by atoms with Gasteiger partial charge in [0.2, 0.25) is 0 Å². The summed E-state index contributed by atoms with van der Waals surface area (Å²) in [7, 11) is 0. The molecular formula is C21H34. The van der Waals surface area contributed by atoms with Gasteiger partial charge >= 0.3 is 0 Å². The molecule has 0 saturated heterocycles. The monoisotopic (exact) mass is 286 g/mol. The van der Waals surface area contributed by atoms with Crippen LogP contribution in [0.25, 0.3) is 0 Å². The van der Waals surface area contributed by atoms with E-state index in [1.165, 1.54) is 0 Å². The van der Waals surface area contributed by atoms with Gasteiger partial charge in [0.15, 0.2) is 0 Å². The van der Waals surface area contributed by atoms with Crippen molar-refractivity contribution in [3.8, 4) is 0 Å². The van der Waals surface area contributed by atoms with Crippen LogP contribution in [-0.4, -0.2) is 0 Å². The van der Waals surface area contributed by atoms with Crippen LogP contribution in [0.15, 0.2) is 0 Å². The van der Waals surface area contributed by atoms with E-state index in [1.54, 1.807) is 109 Å². The van der Waals surface area contributed by atoms with Crippen molar-refractivity contribution in [3.63, 3.8) is 0 Å². The summed E-state index contributed by atoms with van der Waals surface area (Å²) >= 11 is 0. The van der Waals surface area contributed by atoms with Gasteiger partial charge in [-0.3, -0.25) is 0 Å². The molecule has 0 nitrogen and oxygen atoms in total. The molecule has 2 atom stereocenters. The fraction of sp³-hybridized carbons (Fsp3) is 1.00. The van der Waals surface area contributed by atoms with E-state index in [4.69, 9.17) is 0 Å². The van der Waals surface area contributed by atoms with Crippen LogP contribution in [0.3, 0.4) is 0 Å². The van der Waals surface area contributed by atoms with Gasteiger partial charge in [0, 0.05) is 0 Å². The highest BCUT2D eigenvalue weighted by Gasteiger charge is 2.59. The lowest BCUT2D eigenvalue weighted by atomic mass is 9.72. The average Bonchev–Trinajstić information content (AvgIpc) is 3.25. The van der Waals surface area contributed by atoms with Gasteiger partial charge in [0.1, 0.15) is 0 Å². The molecule has 0 heteroatoms. The minimum absolute atomic E-state index is 0.828. The molecule has 118 valence electrons. The molecular weight excluding hydrogens is 252 g/mol. The third-order valence-electron chi connectivity index (χ3n) is 9.14. The normalized spacial score (nSPS) is 46.9. The van der Waals surface area contributed by atoms with Crippen LogP contribution in [0.5, 0.6) is 0 Å². The average molecular weight is 287 g/mol. The van der Waals surface area contributed by atoms with E-state index in [0.717, 1.165) is 21.7 Å². The molecule has 0 bridgehead atoms. The second-order valence-corrected chi connectivity index (χ2v) is 10.4. The molecule has 0 unspecified atom stereocenters. The Morgan fingerprint density at radius 3 is 0.952 bits per heavy atom. The van der Waals surface area contributed by atoms with Crippen molar-refractivity contribution in [3.05, 3.63) is 0 Å². The first-order chi connectivity index (χ1) is 10.2. The lowest BCUT2D eigenvalue weighted by Crippen LogP contribution is -2.22. The van der Waals surface area contributed by atoms with Crippen LogP contribution in [0, 0.1) is 21.7 Å². The maximum absolute atomic E-state index is 1.66. The molecule has 0 amide bonds. The summed E-state index contributed by atoms with van der Waals surface area (Å²) in [6.07, 6.45) is 27.2. The molecule has 0 radical (unpaired) electrons. The molecule has 0 heterocycles. The third kappa shape index (κ3) is 1.99. The van der Waals surface area contributed by atoms with Gasteiger partial charge in [-0.05, 0) is 105 Å². The molecule has 0 aromatic heterocycles. The molecule has 0 aromatic carbocycles. The first kappa shape index (κ1) is 13.4. The second kappa shape index (κ2) is 4.30. The van der Waals surface area contributed by atoms with Gasteiger partial charge in [-0.2, -0.15) is 0 Å². The maximum Gasteiger partial charge on any atom is -0.0287 e. The van der Waals surface area contributed by atoms with Gasteiger partial charge in [0.05, 0.1) is 0 Å². The summed E-state index contributed by atoms with van der Waals surface area (Å²) < 4.78 is 0. The summed E-state index contributed by atoms with van der Waals surface area (Å²) in [4.78, 5) is 0. The van der Waals surface area contributed by atoms with E-state index in [9.17, 15) is 0 Å². The predicted molar refractivity (Wildman–Crippen MR) is 88.2 cm³/mol. The Kier molecular flexibility index (Phi) is 2.75. The predicted octanol–water partition coefficient (Wildman–Crippen LogP) is 6.63. The molecule has 5 fully saturated rings. The Labute approximate surface area is 131 Å². The molecule has 21 heavy (non-hydrogen) atoms. The summed E-state index contributed by atoms with van der Waals surface area (Å²) in [5, 5.41) is 0. The summed E-state index contributed by atoms with van der Waals surface area (Å²) in [5.74, 6) is 0. The van der Waals surface area contributed by atoms with Gasteiger partial charge < -0.3 is 0 Å². The molecule has 4 spiro atoms.